The number of carbonyl (C=O) groups excluding carboxylic acids is 1. The zero-order valence-corrected chi connectivity index (χ0v) is 9.78. The van der Waals surface area contributed by atoms with Gasteiger partial charge in [-0.05, 0) is 19.4 Å². The number of halogens is 1. The van der Waals surface area contributed by atoms with Gasteiger partial charge in [-0.2, -0.15) is 0 Å². The van der Waals surface area contributed by atoms with Gasteiger partial charge in [-0.25, -0.2) is 10.2 Å². The zero-order valence-electron chi connectivity index (χ0n) is 9.78. The van der Waals surface area contributed by atoms with Crippen LogP contribution in [0.25, 0.3) is 0 Å². The van der Waals surface area contributed by atoms with Gasteiger partial charge in [-0.1, -0.05) is 18.2 Å². The normalized spacial score (nSPS) is 12.2. The standard InChI is InChI=1S/C12H17FN2O2/c1-9(6-7-12(16)15-14)17-8-10-4-2-3-5-11(10)13/h2-5,9H,6-8,14H2,1H3,(H,15,16). The number of hydrazine groups is 1. The molecule has 0 saturated heterocycles. The van der Waals surface area contributed by atoms with Crippen LogP contribution in [0.15, 0.2) is 24.3 Å². The van der Waals surface area contributed by atoms with Crippen LogP contribution in [0.1, 0.15) is 25.3 Å². The Morgan fingerprint density at radius 1 is 1.53 bits per heavy atom. The summed E-state index contributed by atoms with van der Waals surface area (Å²) in [4.78, 5) is 10.9. The molecule has 0 fully saturated rings. The van der Waals surface area contributed by atoms with Crippen molar-refractivity contribution in [3.63, 3.8) is 0 Å². The van der Waals surface area contributed by atoms with Gasteiger partial charge in [-0.3, -0.25) is 10.2 Å². The van der Waals surface area contributed by atoms with Crippen molar-refractivity contribution < 1.29 is 13.9 Å². The molecule has 0 radical (unpaired) electrons. The Balaban J connectivity index is 2.31. The fourth-order valence-electron chi connectivity index (χ4n) is 1.34. The molecule has 0 saturated carbocycles. The summed E-state index contributed by atoms with van der Waals surface area (Å²) in [5.74, 6) is 4.44. The van der Waals surface area contributed by atoms with E-state index in [9.17, 15) is 9.18 Å². The third kappa shape index (κ3) is 4.93. The average molecular weight is 240 g/mol. The number of hydrogen-bond donors (Lipinski definition) is 2. The summed E-state index contributed by atoms with van der Waals surface area (Å²) in [5, 5.41) is 0. The smallest absolute Gasteiger partial charge is 0.233 e. The molecule has 94 valence electrons. The Morgan fingerprint density at radius 2 is 2.24 bits per heavy atom. The molecule has 1 aromatic rings. The fourth-order valence-corrected chi connectivity index (χ4v) is 1.34. The first-order chi connectivity index (χ1) is 8.13. The van der Waals surface area contributed by atoms with E-state index < -0.39 is 0 Å². The highest BCUT2D eigenvalue weighted by atomic mass is 19.1. The Labute approximate surface area is 99.9 Å². The van der Waals surface area contributed by atoms with Crippen LogP contribution in [-0.4, -0.2) is 12.0 Å². The molecular weight excluding hydrogens is 223 g/mol. The summed E-state index contributed by atoms with van der Waals surface area (Å²) in [6, 6.07) is 6.46. The van der Waals surface area contributed by atoms with Crippen molar-refractivity contribution in [2.45, 2.75) is 32.5 Å². The Bertz CT molecular complexity index is 371. The van der Waals surface area contributed by atoms with Gasteiger partial charge in [0.15, 0.2) is 0 Å². The molecule has 1 unspecified atom stereocenters. The molecule has 4 nitrogen and oxygen atoms in total. The van der Waals surface area contributed by atoms with Crippen LogP contribution in [0.4, 0.5) is 4.39 Å². The molecule has 0 aliphatic heterocycles. The summed E-state index contributed by atoms with van der Waals surface area (Å²) in [5.41, 5.74) is 2.57. The lowest BCUT2D eigenvalue weighted by molar-refractivity contribution is -0.121. The van der Waals surface area contributed by atoms with E-state index in [0.717, 1.165) is 0 Å². The quantitative estimate of drug-likeness (QED) is 0.450. The van der Waals surface area contributed by atoms with Gasteiger partial charge in [0, 0.05) is 12.0 Å². The summed E-state index contributed by atoms with van der Waals surface area (Å²) >= 11 is 0. The van der Waals surface area contributed by atoms with Gasteiger partial charge in [0.25, 0.3) is 0 Å². The summed E-state index contributed by atoms with van der Waals surface area (Å²) in [6.45, 7) is 2.04. The van der Waals surface area contributed by atoms with Crippen LogP contribution in [0, 0.1) is 5.82 Å². The predicted molar refractivity (Wildman–Crippen MR) is 62.2 cm³/mol. The van der Waals surface area contributed by atoms with Crippen LogP contribution in [-0.2, 0) is 16.1 Å². The molecule has 0 aliphatic carbocycles. The van der Waals surface area contributed by atoms with Gasteiger partial charge in [-0.15, -0.1) is 0 Å². The van der Waals surface area contributed by atoms with E-state index in [2.05, 4.69) is 0 Å². The zero-order chi connectivity index (χ0) is 12.7. The number of ether oxygens (including phenoxy) is 1. The van der Waals surface area contributed by atoms with Crippen LogP contribution >= 0.6 is 0 Å². The minimum absolute atomic E-state index is 0.119. The molecule has 0 spiro atoms. The maximum atomic E-state index is 13.2. The lowest BCUT2D eigenvalue weighted by atomic mass is 10.2. The number of amides is 1. The van der Waals surface area contributed by atoms with E-state index in [0.29, 0.717) is 18.4 Å². The maximum absolute atomic E-state index is 13.2. The van der Waals surface area contributed by atoms with Gasteiger partial charge in [0.05, 0.1) is 12.7 Å². The van der Waals surface area contributed by atoms with Gasteiger partial charge < -0.3 is 4.74 Å². The third-order valence-electron chi connectivity index (χ3n) is 2.42. The highest BCUT2D eigenvalue weighted by molar-refractivity contribution is 5.75. The Morgan fingerprint density at radius 3 is 2.88 bits per heavy atom. The van der Waals surface area contributed by atoms with Crippen LogP contribution in [0.3, 0.4) is 0 Å². The number of nitrogens with two attached hydrogens (primary N) is 1. The summed E-state index contributed by atoms with van der Waals surface area (Å²) in [7, 11) is 0. The van der Waals surface area contributed by atoms with E-state index in [4.69, 9.17) is 10.6 Å². The molecule has 1 atom stereocenters. The number of hydrogen-bond acceptors (Lipinski definition) is 3. The number of rotatable bonds is 6. The molecule has 5 heteroatoms. The Kier molecular flexibility index (Phi) is 5.59. The highest BCUT2D eigenvalue weighted by Gasteiger charge is 2.07. The number of carbonyl (C=O) groups is 1. The first-order valence-corrected chi connectivity index (χ1v) is 5.48. The molecule has 17 heavy (non-hydrogen) atoms. The van der Waals surface area contributed by atoms with Crippen LogP contribution < -0.4 is 11.3 Å². The number of nitrogens with one attached hydrogen (secondary N) is 1. The molecule has 1 aromatic carbocycles. The minimum Gasteiger partial charge on any atom is -0.374 e. The average Bonchev–Trinajstić information content (AvgIpc) is 2.35. The SMILES string of the molecule is CC(CCC(=O)NN)OCc1ccccc1F. The Hall–Kier alpha value is -1.46. The second kappa shape index (κ2) is 6.98. The van der Waals surface area contributed by atoms with Crippen LogP contribution in [0.5, 0.6) is 0 Å². The van der Waals surface area contributed by atoms with E-state index in [1.807, 2.05) is 12.3 Å². The van der Waals surface area contributed by atoms with Gasteiger partial charge in [0.2, 0.25) is 5.91 Å². The van der Waals surface area contributed by atoms with Gasteiger partial charge >= 0.3 is 0 Å². The van der Waals surface area contributed by atoms with Crippen molar-refractivity contribution in [2.24, 2.45) is 5.84 Å². The largest absolute Gasteiger partial charge is 0.374 e. The van der Waals surface area contributed by atoms with Crippen molar-refractivity contribution in [3.05, 3.63) is 35.6 Å². The maximum Gasteiger partial charge on any atom is 0.233 e. The topological polar surface area (TPSA) is 64.4 Å². The first-order valence-electron chi connectivity index (χ1n) is 5.48. The predicted octanol–water partition coefficient (Wildman–Crippen LogP) is 1.50. The van der Waals surface area contributed by atoms with Crippen molar-refractivity contribution >= 4 is 5.91 Å². The lowest BCUT2D eigenvalue weighted by Gasteiger charge is -2.12. The second-order valence-electron chi connectivity index (χ2n) is 3.82. The highest BCUT2D eigenvalue weighted by Crippen LogP contribution is 2.10. The van der Waals surface area contributed by atoms with Crippen molar-refractivity contribution in [1.82, 2.24) is 5.43 Å². The van der Waals surface area contributed by atoms with Crippen molar-refractivity contribution in [3.8, 4) is 0 Å². The number of benzene rings is 1. The lowest BCUT2D eigenvalue weighted by Crippen LogP contribution is -2.30. The molecule has 0 heterocycles. The molecule has 1 amide bonds. The first kappa shape index (κ1) is 13.6. The summed E-state index contributed by atoms with van der Waals surface area (Å²) in [6.07, 6.45) is 0.735. The van der Waals surface area contributed by atoms with Crippen LogP contribution in [0.2, 0.25) is 0 Å². The molecule has 3 N–H and O–H groups in total. The fraction of sp³-hybridized carbons (Fsp3) is 0.417. The van der Waals surface area contributed by atoms with E-state index in [1.54, 1.807) is 18.2 Å². The monoisotopic (exact) mass is 240 g/mol. The second-order valence-corrected chi connectivity index (χ2v) is 3.82. The molecular formula is C12H17FN2O2. The molecule has 0 aromatic heterocycles. The molecule has 1 rings (SSSR count). The minimum atomic E-state index is -0.278. The van der Waals surface area contributed by atoms with Crippen molar-refractivity contribution in [1.29, 1.82) is 0 Å². The van der Waals surface area contributed by atoms with Crippen molar-refractivity contribution in [2.75, 3.05) is 0 Å². The molecule has 0 bridgehead atoms. The third-order valence-corrected chi connectivity index (χ3v) is 2.42. The molecule has 0 aliphatic rings. The summed E-state index contributed by atoms with van der Waals surface area (Å²) < 4.78 is 18.7. The van der Waals surface area contributed by atoms with E-state index in [-0.39, 0.29) is 24.4 Å². The van der Waals surface area contributed by atoms with E-state index in [1.165, 1.54) is 6.07 Å². The van der Waals surface area contributed by atoms with E-state index >= 15 is 0 Å². The van der Waals surface area contributed by atoms with Gasteiger partial charge in [0.1, 0.15) is 5.82 Å².